The van der Waals surface area contributed by atoms with Crippen LogP contribution in [0.4, 0.5) is 17.1 Å². The van der Waals surface area contributed by atoms with E-state index in [2.05, 4.69) is 29.4 Å². The molecule has 144 valence electrons. The zero-order valence-electron chi connectivity index (χ0n) is 16.3. The van der Waals surface area contributed by atoms with Crippen molar-refractivity contribution < 1.29 is 14.3 Å². The van der Waals surface area contributed by atoms with Crippen LogP contribution in [0.2, 0.25) is 0 Å². The van der Waals surface area contributed by atoms with Crippen LogP contribution in [0.5, 0.6) is 5.75 Å². The number of benzene rings is 2. The zero-order chi connectivity index (χ0) is 19.8. The Morgan fingerprint density at radius 3 is 2.15 bits per heavy atom. The lowest BCUT2D eigenvalue weighted by Crippen LogP contribution is -2.29. The SMILES string of the molecule is CCOc1ccccc1NC(=O)C(=O)Nc1ccc(N(CC)CC)cc1C. The van der Waals surface area contributed by atoms with Crippen molar-refractivity contribution in [3.05, 3.63) is 48.0 Å². The maximum atomic E-state index is 12.3. The fourth-order valence-electron chi connectivity index (χ4n) is 2.78. The molecule has 0 aliphatic heterocycles. The Balaban J connectivity index is 2.07. The Labute approximate surface area is 160 Å². The van der Waals surface area contributed by atoms with Crippen LogP contribution in [-0.4, -0.2) is 31.5 Å². The summed E-state index contributed by atoms with van der Waals surface area (Å²) in [5.41, 5.74) is 3.07. The summed E-state index contributed by atoms with van der Waals surface area (Å²) in [4.78, 5) is 26.8. The second kappa shape index (κ2) is 9.62. The summed E-state index contributed by atoms with van der Waals surface area (Å²) in [5, 5.41) is 5.27. The van der Waals surface area contributed by atoms with Gasteiger partial charge in [0.15, 0.2) is 0 Å². The van der Waals surface area contributed by atoms with Crippen LogP contribution < -0.4 is 20.3 Å². The van der Waals surface area contributed by atoms with Crippen LogP contribution in [0.1, 0.15) is 26.3 Å². The number of anilines is 3. The molecule has 0 radical (unpaired) electrons. The van der Waals surface area contributed by atoms with Gasteiger partial charge < -0.3 is 20.3 Å². The van der Waals surface area contributed by atoms with Crippen LogP contribution in [0.15, 0.2) is 42.5 Å². The monoisotopic (exact) mass is 369 g/mol. The van der Waals surface area contributed by atoms with E-state index in [0.717, 1.165) is 24.3 Å². The van der Waals surface area contributed by atoms with Gasteiger partial charge in [0.2, 0.25) is 0 Å². The molecule has 0 saturated heterocycles. The van der Waals surface area contributed by atoms with E-state index < -0.39 is 11.8 Å². The Morgan fingerprint density at radius 1 is 0.926 bits per heavy atom. The summed E-state index contributed by atoms with van der Waals surface area (Å²) in [6.45, 7) is 10.2. The molecule has 2 aromatic carbocycles. The van der Waals surface area contributed by atoms with Gasteiger partial charge in [-0.15, -0.1) is 0 Å². The fraction of sp³-hybridized carbons (Fsp3) is 0.333. The first-order chi connectivity index (χ1) is 13.0. The molecule has 0 aliphatic rings. The van der Waals surface area contributed by atoms with Crippen LogP contribution in [-0.2, 0) is 9.59 Å². The Bertz CT molecular complexity index is 801. The third kappa shape index (κ3) is 5.23. The largest absolute Gasteiger partial charge is 0.492 e. The molecule has 6 nitrogen and oxygen atoms in total. The van der Waals surface area contributed by atoms with Crippen molar-refractivity contribution in [1.29, 1.82) is 0 Å². The molecule has 0 bridgehead atoms. The molecule has 0 unspecified atom stereocenters. The molecule has 0 heterocycles. The highest BCUT2D eigenvalue weighted by atomic mass is 16.5. The number of nitrogens with one attached hydrogen (secondary N) is 2. The molecule has 6 heteroatoms. The quantitative estimate of drug-likeness (QED) is 0.728. The summed E-state index contributed by atoms with van der Waals surface area (Å²) in [6.07, 6.45) is 0. The predicted octanol–water partition coefficient (Wildman–Crippen LogP) is 3.82. The smallest absolute Gasteiger partial charge is 0.314 e. The lowest BCUT2D eigenvalue weighted by atomic mass is 10.1. The molecule has 2 aromatic rings. The summed E-state index contributed by atoms with van der Waals surface area (Å²) in [7, 11) is 0. The maximum absolute atomic E-state index is 12.3. The van der Waals surface area contributed by atoms with Gasteiger partial charge in [-0.3, -0.25) is 9.59 Å². The summed E-state index contributed by atoms with van der Waals surface area (Å²) < 4.78 is 5.46. The highest BCUT2D eigenvalue weighted by Crippen LogP contribution is 2.25. The molecule has 0 atom stereocenters. The number of rotatable bonds is 7. The van der Waals surface area contributed by atoms with E-state index >= 15 is 0 Å². The van der Waals surface area contributed by atoms with E-state index in [4.69, 9.17) is 4.74 Å². The topological polar surface area (TPSA) is 70.7 Å². The number of hydrogen-bond acceptors (Lipinski definition) is 4. The number of carbonyl (C=O) groups excluding carboxylic acids is 2. The van der Waals surface area contributed by atoms with Gasteiger partial charge in [-0.25, -0.2) is 0 Å². The number of amides is 2. The number of carbonyl (C=O) groups is 2. The van der Waals surface area contributed by atoms with Crippen LogP contribution in [0.3, 0.4) is 0 Å². The third-order valence-corrected chi connectivity index (χ3v) is 4.23. The van der Waals surface area contributed by atoms with Gasteiger partial charge in [0.05, 0.1) is 12.3 Å². The van der Waals surface area contributed by atoms with Gasteiger partial charge in [-0.05, 0) is 63.6 Å². The van der Waals surface area contributed by atoms with Crippen molar-refractivity contribution in [2.45, 2.75) is 27.7 Å². The number of ether oxygens (including phenoxy) is 1. The lowest BCUT2D eigenvalue weighted by molar-refractivity contribution is -0.133. The van der Waals surface area contributed by atoms with Crippen molar-refractivity contribution in [2.75, 3.05) is 35.2 Å². The summed E-state index contributed by atoms with van der Waals surface area (Å²) in [6, 6.07) is 12.8. The van der Waals surface area contributed by atoms with Crippen molar-refractivity contribution in [2.24, 2.45) is 0 Å². The average molecular weight is 369 g/mol. The summed E-state index contributed by atoms with van der Waals surface area (Å²) in [5.74, 6) is -0.935. The lowest BCUT2D eigenvalue weighted by Gasteiger charge is -2.22. The van der Waals surface area contributed by atoms with Crippen molar-refractivity contribution in [1.82, 2.24) is 0 Å². The van der Waals surface area contributed by atoms with Gasteiger partial charge >= 0.3 is 11.8 Å². The minimum atomic E-state index is -0.741. The van der Waals surface area contributed by atoms with E-state index in [1.807, 2.05) is 38.1 Å². The molecule has 2 rings (SSSR count). The van der Waals surface area contributed by atoms with Crippen LogP contribution in [0.25, 0.3) is 0 Å². The van der Waals surface area contributed by atoms with E-state index in [9.17, 15) is 9.59 Å². The normalized spacial score (nSPS) is 10.2. The van der Waals surface area contributed by atoms with Crippen molar-refractivity contribution >= 4 is 28.9 Å². The van der Waals surface area contributed by atoms with Crippen LogP contribution in [0, 0.1) is 6.92 Å². The number of para-hydroxylation sites is 2. The van der Waals surface area contributed by atoms with Crippen molar-refractivity contribution in [3.63, 3.8) is 0 Å². The molecule has 2 N–H and O–H groups in total. The molecular weight excluding hydrogens is 342 g/mol. The first kappa shape index (κ1) is 20.3. The highest BCUT2D eigenvalue weighted by Gasteiger charge is 2.17. The number of hydrogen-bond donors (Lipinski definition) is 2. The Morgan fingerprint density at radius 2 is 1.56 bits per heavy atom. The maximum Gasteiger partial charge on any atom is 0.314 e. The van der Waals surface area contributed by atoms with E-state index in [-0.39, 0.29) is 0 Å². The molecular formula is C21H27N3O3. The van der Waals surface area contributed by atoms with Gasteiger partial charge in [-0.1, -0.05) is 12.1 Å². The average Bonchev–Trinajstić information content (AvgIpc) is 2.66. The predicted molar refractivity (Wildman–Crippen MR) is 110 cm³/mol. The Hall–Kier alpha value is -3.02. The first-order valence-electron chi connectivity index (χ1n) is 9.19. The number of nitrogens with zero attached hydrogens (tertiary/aromatic N) is 1. The minimum absolute atomic E-state index is 0.466. The minimum Gasteiger partial charge on any atom is -0.492 e. The molecule has 0 spiro atoms. The Kier molecular flexibility index (Phi) is 7.23. The molecule has 0 saturated carbocycles. The number of aryl methyl sites for hydroxylation is 1. The van der Waals surface area contributed by atoms with Crippen molar-refractivity contribution in [3.8, 4) is 5.75 Å². The molecule has 0 aromatic heterocycles. The second-order valence-electron chi connectivity index (χ2n) is 6.01. The van der Waals surface area contributed by atoms with Gasteiger partial charge in [-0.2, -0.15) is 0 Å². The molecule has 0 aliphatic carbocycles. The van der Waals surface area contributed by atoms with Gasteiger partial charge in [0.1, 0.15) is 5.75 Å². The standard InChI is InChI=1S/C21H27N3O3/c1-5-24(6-2)16-12-13-17(15(4)14-16)22-20(25)21(26)23-18-10-8-9-11-19(18)27-7-3/h8-14H,5-7H2,1-4H3,(H,22,25)(H,23,26). The van der Waals surface area contributed by atoms with Gasteiger partial charge in [0, 0.05) is 24.5 Å². The van der Waals surface area contributed by atoms with E-state index in [1.165, 1.54) is 0 Å². The highest BCUT2D eigenvalue weighted by molar-refractivity contribution is 6.43. The first-order valence-corrected chi connectivity index (χ1v) is 9.19. The zero-order valence-corrected chi connectivity index (χ0v) is 16.3. The molecule has 27 heavy (non-hydrogen) atoms. The van der Waals surface area contributed by atoms with E-state index in [0.29, 0.717) is 23.7 Å². The third-order valence-electron chi connectivity index (χ3n) is 4.23. The summed E-state index contributed by atoms with van der Waals surface area (Å²) >= 11 is 0. The fourth-order valence-corrected chi connectivity index (χ4v) is 2.78. The molecule has 0 fully saturated rings. The van der Waals surface area contributed by atoms with Crippen LogP contribution >= 0.6 is 0 Å². The van der Waals surface area contributed by atoms with E-state index in [1.54, 1.807) is 18.2 Å². The molecule has 2 amide bonds. The van der Waals surface area contributed by atoms with Gasteiger partial charge in [0.25, 0.3) is 0 Å². The second-order valence-corrected chi connectivity index (χ2v) is 6.01.